The molecule has 0 spiro atoms. The maximum absolute atomic E-state index is 10.3. The van der Waals surface area contributed by atoms with E-state index in [1.807, 2.05) is 30.3 Å². The van der Waals surface area contributed by atoms with Gasteiger partial charge in [-0.3, -0.25) is 9.63 Å². The largest absolute Gasteiger partial charge is 0.494 e. The molecule has 0 atom stereocenters. The van der Waals surface area contributed by atoms with Crippen molar-refractivity contribution < 1.29 is 14.4 Å². The van der Waals surface area contributed by atoms with Crippen molar-refractivity contribution in [1.29, 1.82) is 0 Å². The first kappa shape index (κ1) is 12.5. The summed E-state index contributed by atoms with van der Waals surface area (Å²) in [6.45, 7) is 1.09. The molecular weight excluding hydrogens is 208 g/mol. The fraction of sp³-hybridized carbons (Fsp3) is 0.364. The van der Waals surface area contributed by atoms with Gasteiger partial charge in [0.15, 0.2) is 0 Å². The normalized spacial score (nSPS) is 10.0. The highest BCUT2D eigenvalue weighted by Gasteiger charge is 1.94. The summed E-state index contributed by atoms with van der Waals surface area (Å²) >= 11 is 0. The third-order valence-corrected chi connectivity index (χ3v) is 1.75. The number of benzene rings is 1. The van der Waals surface area contributed by atoms with Gasteiger partial charge in [-0.05, 0) is 18.6 Å². The van der Waals surface area contributed by atoms with E-state index in [4.69, 9.17) is 15.3 Å². The first-order chi connectivity index (χ1) is 7.79. The number of nitrogens with one attached hydrogen (secondary N) is 1. The number of rotatable bonds is 8. The van der Waals surface area contributed by atoms with Crippen molar-refractivity contribution >= 4 is 5.91 Å². The molecule has 0 aliphatic carbocycles. The van der Waals surface area contributed by atoms with Crippen molar-refractivity contribution in [3.8, 4) is 5.75 Å². The summed E-state index contributed by atoms with van der Waals surface area (Å²) in [4.78, 5) is 15.1. The zero-order valence-corrected chi connectivity index (χ0v) is 9.02. The number of carbonyl (C=O) groups excluding carboxylic acids is 1. The van der Waals surface area contributed by atoms with E-state index in [2.05, 4.69) is 5.48 Å². The van der Waals surface area contributed by atoms with Gasteiger partial charge in [-0.25, -0.2) is 5.48 Å². The maximum Gasteiger partial charge on any atom is 0.245 e. The molecular formula is C11H16N2O3. The molecule has 16 heavy (non-hydrogen) atoms. The molecule has 88 valence electrons. The van der Waals surface area contributed by atoms with E-state index in [-0.39, 0.29) is 6.61 Å². The second-order valence-electron chi connectivity index (χ2n) is 3.16. The molecule has 5 nitrogen and oxygen atoms in total. The summed E-state index contributed by atoms with van der Waals surface area (Å²) in [5, 5.41) is 0. The van der Waals surface area contributed by atoms with Crippen LogP contribution in [0, 0.1) is 0 Å². The number of amides is 1. The summed E-state index contributed by atoms with van der Waals surface area (Å²) in [6, 6.07) is 9.58. The lowest BCUT2D eigenvalue weighted by molar-refractivity contribution is -0.125. The van der Waals surface area contributed by atoms with Gasteiger partial charge in [0.1, 0.15) is 12.4 Å². The van der Waals surface area contributed by atoms with Crippen LogP contribution in [0.3, 0.4) is 0 Å². The molecule has 0 heterocycles. The number of para-hydroxylation sites is 1. The van der Waals surface area contributed by atoms with E-state index in [0.29, 0.717) is 13.2 Å². The molecule has 1 aromatic carbocycles. The van der Waals surface area contributed by atoms with Crippen LogP contribution in [0.5, 0.6) is 5.75 Å². The van der Waals surface area contributed by atoms with Crippen LogP contribution >= 0.6 is 0 Å². The van der Waals surface area contributed by atoms with Crippen molar-refractivity contribution in [3.63, 3.8) is 0 Å². The topological polar surface area (TPSA) is 73.6 Å². The number of carbonyl (C=O) groups is 1. The quantitative estimate of drug-likeness (QED) is 0.497. The monoisotopic (exact) mass is 224 g/mol. The zero-order valence-electron chi connectivity index (χ0n) is 9.02. The lowest BCUT2D eigenvalue weighted by Crippen LogP contribution is -2.26. The molecule has 0 bridgehead atoms. The second kappa shape index (κ2) is 7.67. The molecule has 0 aliphatic heterocycles. The number of nitrogens with two attached hydrogens (primary N) is 1. The SMILES string of the molecule is NC(=O)CONCCCOc1ccccc1. The maximum atomic E-state index is 10.3. The van der Waals surface area contributed by atoms with Gasteiger partial charge in [-0.2, -0.15) is 0 Å². The minimum absolute atomic E-state index is 0.112. The van der Waals surface area contributed by atoms with Gasteiger partial charge in [0.05, 0.1) is 6.61 Å². The Morgan fingerprint density at radius 3 is 2.75 bits per heavy atom. The van der Waals surface area contributed by atoms with E-state index in [0.717, 1.165) is 12.2 Å². The smallest absolute Gasteiger partial charge is 0.245 e. The van der Waals surface area contributed by atoms with Crippen molar-refractivity contribution in [3.05, 3.63) is 30.3 Å². The fourth-order valence-electron chi connectivity index (χ4n) is 1.05. The van der Waals surface area contributed by atoms with E-state index < -0.39 is 5.91 Å². The molecule has 0 aliphatic rings. The van der Waals surface area contributed by atoms with Crippen LogP contribution in [0.15, 0.2) is 30.3 Å². The standard InChI is InChI=1S/C11H16N2O3/c12-11(14)9-16-13-7-4-8-15-10-5-2-1-3-6-10/h1-3,5-6,13H,4,7-9H2,(H2,12,14). The Kier molecular flexibility index (Phi) is 5.98. The number of hydroxylamine groups is 1. The molecule has 1 rings (SSSR count). The van der Waals surface area contributed by atoms with E-state index >= 15 is 0 Å². The fourth-order valence-corrected chi connectivity index (χ4v) is 1.05. The van der Waals surface area contributed by atoms with Crippen LogP contribution < -0.4 is 16.0 Å². The lowest BCUT2D eigenvalue weighted by Gasteiger charge is -2.06. The molecule has 1 amide bonds. The van der Waals surface area contributed by atoms with E-state index in [1.54, 1.807) is 0 Å². The Morgan fingerprint density at radius 2 is 2.06 bits per heavy atom. The minimum atomic E-state index is -0.493. The van der Waals surface area contributed by atoms with Gasteiger partial charge < -0.3 is 10.5 Å². The second-order valence-corrected chi connectivity index (χ2v) is 3.16. The Hall–Kier alpha value is -1.59. The third kappa shape index (κ3) is 6.00. The number of hydrogen-bond acceptors (Lipinski definition) is 4. The number of ether oxygens (including phenoxy) is 1. The Labute approximate surface area is 94.5 Å². The van der Waals surface area contributed by atoms with Gasteiger partial charge in [0, 0.05) is 6.54 Å². The summed E-state index contributed by atoms with van der Waals surface area (Å²) < 4.78 is 5.45. The summed E-state index contributed by atoms with van der Waals surface area (Å²) in [5.74, 6) is 0.355. The first-order valence-corrected chi connectivity index (χ1v) is 5.10. The minimum Gasteiger partial charge on any atom is -0.494 e. The lowest BCUT2D eigenvalue weighted by atomic mass is 10.3. The van der Waals surface area contributed by atoms with Crippen molar-refractivity contribution in [1.82, 2.24) is 5.48 Å². The van der Waals surface area contributed by atoms with E-state index in [1.165, 1.54) is 0 Å². The van der Waals surface area contributed by atoms with Gasteiger partial charge >= 0.3 is 0 Å². The zero-order chi connectivity index (χ0) is 11.6. The Morgan fingerprint density at radius 1 is 1.31 bits per heavy atom. The first-order valence-electron chi connectivity index (χ1n) is 5.10. The number of hydrogen-bond donors (Lipinski definition) is 2. The molecule has 0 saturated carbocycles. The van der Waals surface area contributed by atoms with Gasteiger partial charge in [-0.15, -0.1) is 0 Å². The van der Waals surface area contributed by atoms with Gasteiger partial charge in [0.2, 0.25) is 5.91 Å². The molecule has 0 unspecified atom stereocenters. The van der Waals surface area contributed by atoms with Gasteiger partial charge in [0.25, 0.3) is 0 Å². The van der Waals surface area contributed by atoms with Crippen molar-refractivity contribution in [2.24, 2.45) is 5.73 Å². The third-order valence-electron chi connectivity index (χ3n) is 1.75. The summed E-state index contributed by atoms with van der Waals surface area (Å²) in [6.07, 6.45) is 0.785. The highest BCUT2D eigenvalue weighted by atomic mass is 16.6. The van der Waals surface area contributed by atoms with Crippen molar-refractivity contribution in [2.75, 3.05) is 19.8 Å². The van der Waals surface area contributed by atoms with Crippen LogP contribution in [-0.4, -0.2) is 25.7 Å². The summed E-state index contributed by atoms with van der Waals surface area (Å²) in [7, 11) is 0. The average Bonchev–Trinajstić information content (AvgIpc) is 2.29. The highest BCUT2D eigenvalue weighted by Crippen LogP contribution is 2.07. The van der Waals surface area contributed by atoms with E-state index in [9.17, 15) is 4.79 Å². The molecule has 0 radical (unpaired) electrons. The Bertz CT molecular complexity index is 303. The van der Waals surface area contributed by atoms with Crippen LogP contribution in [0.2, 0.25) is 0 Å². The molecule has 3 N–H and O–H groups in total. The molecule has 5 heteroatoms. The van der Waals surface area contributed by atoms with Crippen LogP contribution in [0.1, 0.15) is 6.42 Å². The predicted molar refractivity (Wildman–Crippen MR) is 59.7 cm³/mol. The van der Waals surface area contributed by atoms with Crippen molar-refractivity contribution in [2.45, 2.75) is 6.42 Å². The van der Waals surface area contributed by atoms with Crippen LogP contribution in [0.4, 0.5) is 0 Å². The molecule has 1 aromatic rings. The van der Waals surface area contributed by atoms with Crippen LogP contribution in [0.25, 0.3) is 0 Å². The molecule has 0 aromatic heterocycles. The molecule has 0 saturated heterocycles. The average molecular weight is 224 g/mol. The highest BCUT2D eigenvalue weighted by molar-refractivity contribution is 5.74. The predicted octanol–water partition coefficient (Wildman–Crippen LogP) is 0.462. The summed E-state index contributed by atoms with van der Waals surface area (Å²) in [5.41, 5.74) is 7.50. The van der Waals surface area contributed by atoms with Gasteiger partial charge in [-0.1, -0.05) is 18.2 Å². The number of primary amides is 1. The Balaban J connectivity index is 1.94. The molecule has 0 fully saturated rings. The van der Waals surface area contributed by atoms with Crippen LogP contribution in [-0.2, 0) is 9.63 Å².